The summed E-state index contributed by atoms with van der Waals surface area (Å²) in [5.41, 5.74) is -1.65. The van der Waals surface area contributed by atoms with E-state index in [1.165, 1.54) is 18.2 Å². The lowest BCUT2D eigenvalue weighted by molar-refractivity contribution is -0.162. The van der Waals surface area contributed by atoms with E-state index in [-0.39, 0.29) is 44.5 Å². The Kier molecular flexibility index (Phi) is 8.54. The van der Waals surface area contributed by atoms with Gasteiger partial charge in [-0.25, -0.2) is 4.39 Å². The van der Waals surface area contributed by atoms with Crippen molar-refractivity contribution in [2.75, 3.05) is 0 Å². The number of nitriles is 4. The molecule has 0 saturated carbocycles. The minimum Gasteiger partial charge on any atom is -0.206 e. The second-order valence-electron chi connectivity index (χ2n) is 13.6. The van der Waals surface area contributed by atoms with Crippen LogP contribution in [0.25, 0.3) is 66.4 Å². The van der Waals surface area contributed by atoms with Gasteiger partial charge in [-0.15, -0.1) is 0 Å². The topological polar surface area (TPSA) is 95.2 Å². The van der Waals surface area contributed by atoms with Crippen molar-refractivity contribution < 1.29 is 43.9 Å². The van der Waals surface area contributed by atoms with Crippen molar-refractivity contribution in [2.45, 2.75) is 18.5 Å². The highest BCUT2D eigenvalue weighted by atomic mass is 19.4. The monoisotopic (exact) mass is 802 g/mol. The summed E-state index contributed by atoms with van der Waals surface area (Å²) in [6.45, 7) is 0. The minimum atomic E-state index is -5.33. The zero-order valence-corrected chi connectivity index (χ0v) is 29.3. The van der Waals surface area contributed by atoms with Crippen LogP contribution >= 0.6 is 0 Å². The van der Waals surface area contributed by atoms with Crippen LogP contribution in [0.5, 0.6) is 0 Å². The Hall–Kier alpha value is -7.68. The molecule has 0 N–H and O–H groups in total. The molecule has 0 aliphatic heterocycles. The number of hydrogen-bond donors (Lipinski definition) is 0. The van der Waals surface area contributed by atoms with E-state index in [9.17, 15) is 65.0 Å². The Morgan fingerprint density at radius 3 is 1.08 bits per heavy atom. The van der Waals surface area contributed by atoms with Crippen LogP contribution in [0.15, 0.2) is 108 Å². The third kappa shape index (κ3) is 6.14. The quantitative estimate of drug-likeness (QED) is 0.128. The van der Waals surface area contributed by atoms with Gasteiger partial charge in [-0.1, -0.05) is 36.4 Å². The summed E-state index contributed by atoms with van der Waals surface area (Å²) in [7, 11) is 0. The normalized spacial score (nSPS) is 12.8. The van der Waals surface area contributed by atoms with Crippen molar-refractivity contribution in [3.8, 4) is 68.8 Å². The molecule has 0 spiro atoms. The number of fused-ring (bicyclic) bond motifs is 7. The summed E-state index contributed by atoms with van der Waals surface area (Å²) in [5.74, 6) is -1.49. The van der Waals surface area contributed by atoms with Gasteiger partial charge in [0.05, 0.1) is 16.7 Å². The maximum atomic E-state index is 14.6. The molecule has 2 aliphatic carbocycles. The molecular weight excluding hydrogens is 787 g/mol. The highest BCUT2D eigenvalue weighted by Crippen LogP contribution is 2.52. The molecule has 0 amide bonds. The summed E-state index contributed by atoms with van der Waals surface area (Å²) in [6, 6.07) is 27.5. The molecule has 0 unspecified atom stereocenters. The summed E-state index contributed by atoms with van der Waals surface area (Å²) < 4.78 is 136. The Bertz CT molecular complexity index is 3090. The number of benzene rings is 6. The first-order chi connectivity index (χ1) is 27.9. The van der Waals surface area contributed by atoms with E-state index >= 15 is 0 Å². The molecule has 14 heteroatoms. The van der Waals surface area contributed by atoms with Gasteiger partial charge in [-0.3, -0.25) is 0 Å². The number of halogens is 10. The van der Waals surface area contributed by atoms with Crippen LogP contribution in [0, 0.1) is 51.1 Å². The molecular formula is C45H16F10N4. The molecule has 6 aromatic carbocycles. The van der Waals surface area contributed by atoms with Gasteiger partial charge in [0.15, 0.2) is 0 Å². The van der Waals surface area contributed by atoms with Crippen molar-refractivity contribution in [1.29, 1.82) is 21.0 Å². The molecule has 0 atom stereocenters. The maximum absolute atomic E-state index is 14.6. The van der Waals surface area contributed by atoms with E-state index in [2.05, 4.69) is 0 Å². The van der Waals surface area contributed by atoms with Gasteiger partial charge in [-0.05, 0) is 138 Å². The average Bonchev–Trinajstić information content (AvgIpc) is 3.66. The molecule has 0 aromatic heterocycles. The summed E-state index contributed by atoms with van der Waals surface area (Å²) in [5, 5.41) is 41.1. The lowest BCUT2D eigenvalue weighted by atomic mass is 9.92. The predicted octanol–water partition coefficient (Wildman–Crippen LogP) is 13.0. The minimum absolute atomic E-state index is 0.0809. The Morgan fingerprint density at radius 2 is 0.695 bits per heavy atom. The van der Waals surface area contributed by atoms with E-state index in [1.54, 1.807) is 42.5 Å². The van der Waals surface area contributed by atoms with Crippen molar-refractivity contribution in [3.05, 3.63) is 153 Å². The highest BCUT2D eigenvalue weighted by Gasteiger charge is 2.43. The van der Waals surface area contributed by atoms with E-state index in [4.69, 9.17) is 0 Å². The first kappa shape index (κ1) is 38.2. The lowest BCUT2D eigenvalue weighted by Crippen LogP contribution is -2.16. The van der Waals surface area contributed by atoms with Crippen LogP contribution in [-0.2, 0) is 18.5 Å². The van der Waals surface area contributed by atoms with E-state index in [0.29, 0.717) is 73.5 Å². The van der Waals surface area contributed by atoms with Crippen molar-refractivity contribution >= 4 is 21.9 Å². The summed E-state index contributed by atoms with van der Waals surface area (Å²) >= 11 is 0. The van der Waals surface area contributed by atoms with Crippen LogP contribution in [0.4, 0.5) is 43.9 Å². The number of rotatable bonds is 2. The van der Waals surface area contributed by atoms with Gasteiger partial charge in [0, 0.05) is 11.1 Å². The Labute approximate surface area is 326 Å². The van der Waals surface area contributed by atoms with Crippen molar-refractivity contribution in [3.63, 3.8) is 0 Å². The van der Waals surface area contributed by atoms with Crippen LogP contribution in [0.2, 0.25) is 0 Å². The molecule has 0 saturated heterocycles. The van der Waals surface area contributed by atoms with Crippen LogP contribution in [0.3, 0.4) is 0 Å². The summed E-state index contributed by atoms with van der Waals surface area (Å²) in [6.07, 6.45) is -15.5. The first-order valence-electron chi connectivity index (χ1n) is 17.0. The molecule has 6 aromatic rings. The standard InChI is InChI=1S/C45H16F10N4/c46-40-16-24(4-8-38(40)44(50,51)52)22-2-6-30-32-12-26-13-35-31(11-25(26)14-36(32)42(34(30)10-22)28(19-58)20-59)29-5-1-21(9-33(29)41(35)27(17-56)18-57)23-3-7-37(43(47,48)49)39(15-23)45(53,54)55/h1-16H. The molecule has 0 radical (unpaired) electrons. The van der Waals surface area contributed by atoms with Gasteiger partial charge in [0.2, 0.25) is 0 Å². The second kappa shape index (κ2) is 13.2. The fourth-order valence-electron chi connectivity index (χ4n) is 7.77. The van der Waals surface area contributed by atoms with Crippen molar-refractivity contribution in [2.24, 2.45) is 0 Å². The average molecular weight is 803 g/mol. The molecule has 0 heterocycles. The SMILES string of the molecule is N#CC(C#N)=C1c2cc(-c3ccc(C(F)(F)F)c(F)c3)ccc2-c2cc3cc4c(cc3cc21)-c1ccc(-c2ccc(C(F)(F)F)c(C(F)(F)F)c2)cc1C4=C(C#N)C#N. The van der Waals surface area contributed by atoms with Crippen LogP contribution in [0.1, 0.15) is 38.9 Å². The van der Waals surface area contributed by atoms with E-state index in [1.807, 2.05) is 24.3 Å². The Balaban J connectivity index is 1.30. The predicted molar refractivity (Wildman–Crippen MR) is 195 cm³/mol. The molecule has 8 rings (SSSR count). The molecule has 2 aliphatic rings. The molecule has 59 heavy (non-hydrogen) atoms. The lowest BCUT2D eigenvalue weighted by Gasteiger charge is -2.17. The third-order valence-electron chi connectivity index (χ3n) is 10.3. The first-order valence-corrected chi connectivity index (χ1v) is 17.0. The zero-order chi connectivity index (χ0) is 42.3. The molecule has 286 valence electrons. The smallest absolute Gasteiger partial charge is 0.206 e. The number of alkyl halides is 9. The third-order valence-corrected chi connectivity index (χ3v) is 10.3. The maximum Gasteiger partial charge on any atom is 0.419 e. The van der Waals surface area contributed by atoms with Gasteiger partial charge in [0.25, 0.3) is 0 Å². The van der Waals surface area contributed by atoms with Gasteiger partial charge in [-0.2, -0.15) is 60.6 Å². The fourth-order valence-corrected chi connectivity index (χ4v) is 7.77. The zero-order valence-electron chi connectivity index (χ0n) is 29.3. The van der Waals surface area contributed by atoms with E-state index in [0.717, 1.165) is 18.2 Å². The van der Waals surface area contributed by atoms with Gasteiger partial charge >= 0.3 is 18.5 Å². The highest BCUT2D eigenvalue weighted by molar-refractivity contribution is 6.12. The van der Waals surface area contributed by atoms with Gasteiger partial charge in [0.1, 0.15) is 41.2 Å². The molecule has 0 bridgehead atoms. The fraction of sp³-hybridized carbons (Fsp3) is 0.0667. The molecule has 0 fully saturated rings. The van der Waals surface area contributed by atoms with Crippen LogP contribution < -0.4 is 0 Å². The second-order valence-corrected chi connectivity index (χ2v) is 13.6. The number of nitrogens with zero attached hydrogens (tertiary/aromatic N) is 4. The number of allylic oxidation sites excluding steroid dienone is 2. The Morgan fingerprint density at radius 1 is 0.356 bits per heavy atom. The van der Waals surface area contributed by atoms with Crippen molar-refractivity contribution in [1.82, 2.24) is 0 Å². The van der Waals surface area contributed by atoms with E-state index < -0.39 is 41.0 Å². The number of hydrogen-bond acceptors (Lipinski definition) is 4. The largest absolute Gasteiger partial charge is 0.419 e. The van der Waals surface area contributed by atoms with Gasteiger partial charge < -0.3 is 0 Å². The summed E-state index contributed by atoms with van der Waals surface area (Å²) in [4.78, 5) is 0. The van der Waals surface area contributed by atoms with Crippen LogP contribution in [-0.4, -0.2) is 0 Å². The molecule has 4 nitrogen and oxygen atoms in total.